The molecule has 2 heterocycles. The third-order valence-corrected chi connectivity index (χ3v) is 3.36. The highest BCUT2D eigenvalue weighted by molar-refractivity contribution is 5.83. The average Bonchev–Trinajstić information content (AvgIpc) is 2.90. The lowest BCUT2D eigenvalue weighted by atomic mass is 10.1. The van der Waals surface area contributed by atoms with Crippen molar-refractivity contribution in [1.29, 1.82) is 5.26 Å². The molecule has 0 bridgehead atoms. The van der Waals surface area contributed by atoms with Crippen LogP contribution < -0.4 is 4.90 Å². The minimum absolute atomic E-state index is 0.583. The van der Waals surface area contributed by atoms with E-state index in [1.807, 2.05) is 61.7 Å². The zero-order valence-corrected chi connectivity index (χ0v) is 12.0. The summed E-state index contributed by atoms with van der Waals surface area (Å²) >= 11 is 0. The summed E-state index contributed by atoms with van der Waals surface area (Å²) in [5.41, 5.74) is 2.56. The van der Waals surface area contributed by atoms with E-state index >= 15 is 0 Å². The number of hydrogen-bond acceptors (Lipinski definition) is 4. The predicted octanol–water partition coefficient (Wildman–Crippen LogP) is 2.48. The summed E-state index contributed by atoms with van der Waals surface area (Å²) in [4.78, 5) is 6.60. The van der Waals surface area contributed by atoms with Crippen LogP contribution in [0.4, 0.5) is 5.82 Å². The molecule has 0 spiro atoms. The van der Waals surface area contributed by atoms with Crippen LogP contribution in [0.2, 0.25) is 0 Å². The van der Waals surface area contributed by atoms with Gasteiger partial charge in [0.2, 0.25) is 0 Å². The maximum absolute atomic E-state index is 9.36. The van der Waals surface area contributed by atoms with E-state index in [1.165, 1.54) is 0 Å². The molecule has 104 valence electrons. The molecule has 0 radical (unpaired) electrons. The van der Waals surface area contributed by atoms with Gasteiger partial charge in [-0.25, -0.2) is 4.98 Å². The topological polar surface area (TPSA) is 57.7 Å². The van der Waals surface area contributed by atoms with Gasteiger partial charge in [-0.1, -0.05) is 18.2 Å². The van der Waals surface area contributed by atoms with Crippen LogP contribution in [0.3, 0.4) is 0 Å². The largest absolute Gasteiger partial charge is 0.354 e. The number of hydrogen-bond donors (Lipinski definition) is 0. The second-order valence-electron chi connectivity index (χ2n) is 5.04. The molecule has 0 aliphatic rings. The van der Waals surface area contributed by atoms with Crippen molar-refractivity contribution in [1.82, 2.24) is 14.8 Å². The molecule has 0 aliphatic heterocycles. The van der Waals surface area contributed by atoms with Crippen molar-refractivity contribution in [2.24, 2.45) is 7.05 Å². The maximum atomic E-state index is 9.36. The van der Waals surface area contributed by atoms with Gasteiger partial charge in [-0.2, -0.15) is 10.4 Å². The number of para-hydroxylation sites is 1. The van der Waals surface area contributed by atoms with Crippen LogP contribution >= 0.6 is 0 Å². The molecular weight excluding hydrogens is 262 g/mol. The molecule has 3 aromatic rings. The van der Waals surface area contributed by atoms with E-state index in [0.29, 0.717) is 17.9 Å². The molecule has 1 aromatic carbocycles. The van der Waals surface area contributed by atoms with Crippen molar-refractivity contribution in [3.8, 4) is 6.07 Å². The van der Waals surface area contributed by atoms with E-state index in [0.717, 1.165) is 16.5 Å². The van der Waals surface area contributed by atoms with Crippen LogP contribution in [0.25, 0.3) is 10.9 Å². The van der Waals surface area contributed by atoms with Gasteiger partial charge in [0.1, 0.15) is 11.9 Å². The van der Waals surface area contributed by atoms with Crippen molar-refractivity contribution in [3.05, 3.63) is 53.9 Å². The van der Waals surface area contributed by atoms with Gasteiger partial charge in [-0.05, 0) is 12.1 Å². The Bertz CT molecular complexity index is 828. The number of aromatic nitrogens is 3. The number of fused-ring (bicyclic) bond motifs is 1. The number of aryl methyl sites for hydroxylation is 1. The number of rotatable bonds is 3. The van der Waals surface area contributed by atoms with E-state index < -0.39 is 0 Å². The summed E-state index contributed by atoms with van der Waals surface area (Å²) in [6.45, 7) is 0.661. The molecule has 0 saturated heterocycles. The minimum atomic E-state index is 0.583. The number of anilines is 1. The molecule has 0 amide bonds. The SMILES string of the molecule is CN(Cc1cnn(C)c1)c1nc2ccccc2cc1C#N. The zero-order chi connectivity index (χ0) is 14.8. The Hall–Kier alpha value is -2.87. The fourth-order valence-corrected chi connectivity index (χ4v) is 2.38. The van der Waals surface area contributed by atoms with Crippen LogP contribution in [0.5, 0.6) is 0 Å². The number of nitrogens with zero attached hydrogens (tertiary/aromatic N) is 5. The first-order valence-corrected chi connectivity index (χ1v) is 6.66. The van der Waals surface area contributed by atoms with Crippen LogP contribution in [-0.4, -0.2) is 21.8 Å². The van der Waals surface area contributed by atoms with Gasteiger partial charge in [0, 0.05) is 37.8 Å². The van der Waals surface area contributed by atoms with E-state index in [1.54, 1.807) is 4.68 Å². The summed E-state index contributed by atoms with van der Waals surface area (Å²) in [6.07, 6.45) is 3.78. The molecule has 2 aromatic heterocycles. The fraction of sp³-hybridized carbons (Fsp3) is 0.188. The van der Waals surface area contributed by atoms with Gasteiger partial charge < -0.3 is 4.90 Å². The molecule has 0 saturated carbocycles. The smallest absolute Gasteiger partial charge is 0.147 e. The van der Waals surface area contributed by atoms with Crippen molar-refractivity contribution < 1.29 is 0 Å². The van der Waals surface area contributed by atoms with Gasteiger partial charge in [-0.3, -0.25) is 4.68 Å². The van der Waals surface area contributed by atoms with Gasteiger partial charge in [-0.15, -0.1) is 0 Å². The monoisotopic (exact) mass is 277 g/mol. The van der Waals surface area contributed by atoms with Crippen molar-refractivity contribution in [2.75, 3.05) is 11.9 Å². The van der Waals surface area contributed by atoms with Crippen LogP contribution in [0, 0.1) is 11.3 Å². The Labute approximate surface area is 123 Å². The molecule has 5 nitrogen and oxygen atoms in total. The summed E-state index contributed by atoms with van der Waals surface area (Å²) in [5, 5.41) is 14.5. The highest BCUT2D eigenvalue weighted by atomic mass is 15.2. The van der Waals surface area contributed by atoms with E-state index in [2.05, 4.69) is 16.2 Å². The Morgan fingerprint density at radius 3 is 2.86 bits per heavy atom. The van der Waals surface area contributed by atoms with Crippen molar-refractivity contribution in [3.63, 3.8) is 0 Å². The van der Waals surface area contributed by atoms with E-state index in [9.17, 15) is 5.26 Å². The Balaban J connectivity index is 2.00. The molecule has 21 heavy (non-hydrogen) atoms. The predicted molar refractivity (Wildman–Crippen MR) is 81.8 cm³/mol. The molecule has 0 fully saturated rings. The third kappa shape index (κ3) is 2.56. The van der Waals surface area contributed by atoms with Gasteiger partial charge in [0.25, 0.3) is 0 Å². The van der Waals surface area contributed by atoms with Crippen LogP contribution in [-0.2, 0) is 13.6 Å². The molecule has 0 N–H and O–H groups in total. The maximum Gasteiger partial charge on any atom is 0.147 e. The first kappa shape index (κ1) is 13.1. The first-order chi connectivity index (χ1) is 10.2. The lowest BCUT2D eigenvalue weighted by Crippen LogP contribution is -2.18. The van der Waals surface area contributed by atoms with Crippen LogP contribution in [0.15, 0.2) is 42.7 Å². The number of nitriles is 1. The highest BCUT2D eigenvalue weighted by Gasteiger charge is 2.12. The fourth-order valence-electron chi connectivity index (χ4n) is 2.38. The summed E-state index contributed by atoms with van der Waals surface area (Å²) in [6, 6.07) is 11.9. The van der Waals surface area contributed by atoms with Gasteiger partial charge in [0.15, 0.2) is 0 Å². The second-order valence-corrected chi connectivity index (χ2v) is 5.04. The summed E-state index contributed by atoms with van der Waals surface area (Å²) < 4.78 is 1.77. The quantitative estimate of drug-likeness (QED) is 0.738. The molecule has 3 rings (SSSR count). The first-order valence-electron chi connectivity index (χ1n) is 6.66. The molecule has 0 unspecified atom stereocenters. The average molecular weight is 277 g/mol. The van der Waals surface area contributed by atoms with Crippen LogP contribution in [0.1, 0.15) is 11.1 Å². The normalized spacial score (nSPS) is 10.5. The zero-order valence-electron chi connectivity index (χ0n) is 12.0. The standard InChI is InChI=1S/C16H15N5/c1-20(10-12-9-18-21(2)11-12)16-14(8-17)7-13-5-3-4-6-15(13)19-16/h3-7,9,11H,10H2,1-2H3. The van der Waals surface area contributed by atoms with E-state index in [4.69, 9.17) is 0 Å². The molecule has 0 aliphatic carbocycles. The lowest BCUT2D eigenvalue weighted by Gasteiger charge is -2.19. The van der Waals surface area contributed by atoms with Crippen molar-refractivity contribution >= 4 is 16.7 Å². The summed E-state index contributed by atoms with van der Waals surface area (Å²) in [7, 11) is 3.82. The molecule has 0 atom stereocenters. The third-order valence-electron chi connectivity index (χ3n) is 3.36. The number of pyridine rings is 1. The molecular formula is C16H15N5. The second kappa shape index (κ2) is 5.25. The molecule has 5 heteroatoms. The summed E-state index contributed by atoms with van der Waals surface area (Å²) in [5.74, 6) is 0.694. The lowest BCUT2D eigenvalue weighted by molar-refractivity contribution is 0.766. The van der Waals surface area contributed by atoms with Gasteiger partial charge >= 0.3 is 0 Å². The van der Waals surface area contributed by atoms with Gasteiger partial charge in [0.05, 0.1) is 17.3 Å². The highest BCUT2D eigenvalue weighted by Crippen LogP contribution is 2.23. The number of benzene rings is 1. The minimum Gasteiger partial charge on any atom is -0.354 e. The van der Waals surface area contributed by atoms with Crippen molar-refractivity contribution in [2.45, 2.75) is 6.54 Å². The van der Waals surface area contributed by atoms with E-state index in [-0.39, 0.29) is 0 Å². The Morgan fingerprint density at radius 2 is 2.14 bits per heavy atom. The Kier molecular flexibility index (Phi) is 3.28. The Morgan fingerprint density at radius 1 is 1.33 bits per heavy atom.